The zero-order chi connectivity index (χ0) is 22.5. The summed E-state index contributed by atoms with van der Waals surface area (Å²) in [6, 6.07) is 11.0. The first-order valence-electron chi connectivity index (χ1n) is 9.21. The molecule has 168 valence electrons. The highest BCUT2D eigenvalue weighted by Gasteiger charge is 2.30. The smallest absolute Gasteiger partial charge is 0.203 e. The Bertz CT molecular complexity index is 1020. The third-order valence-corrected chi connectivity index (χ3v) is 15.5. The van der Waals surface area contributed by atoms with Crippen LogP contribution in [0.1, 0.15) is 11.4 Å². The highest BCUT2D eigenvalue weighted by molar-refractivity contribution is 8.44. The summed E-state index contributed by atoms with van der Waals surface area (Å²) in [6.07, 6.45) is 7.33. The summed E-state index contributed by atoms with van der Waals surface area (Å²) in [7, 11) is 0. The first-order chi connectivity index (χ1) is 15.6. The average molecular weight is 575 g/mol. The van der Waals surface area contributed by atoms with Crippen molar-refractivity contribution in [1.29, 1.82) is 0 Å². The van der Waals surface area contributed by atoms with Crippen LogP contribution in [0, 0.1) is 10.4 Å². The molecule has 4 rings (SSSR count). The van der Waals surface area contributed by atoms with Crippen LogP contribution in [0.25, 0.3) is 0 Å². The normalized spacial score (nSPS) is 16.6. The van der Waals surface area contributed by atoms with E-state index in [0.29, 0.717) is 11.5 Å². The Morgan fingerprint density at radius 3 is 1.44 bits per heavy atom. The summed E-state index contributed by atoms with van der Waals surface area (Å²) in [5.74, 6) is 1.22. The second kappa shape index (κ2) is 12.1. The number of pyridine rings is 2. The fourth-order valence-corrected chi connectivity index (χ4v) is 13.6. The van der Waals surface area contributed by atoms with Gasteiger partial charge in [0.1, 0.15) is 0 Å². The number of rotatable bonds is 8. The van der Waals surface area contributed by atoms with Crippen molar-refractivity contribution in [3.05, 3.63) is 96.0 Å². The summed E-state index contributed by atoms with van der Waals surface area (Å²) < 4.78 is 9.57. The molecule has 0 unspecified atom stereocenters. The van der Waals surface area contributed by atoms with E-state index < -0.39 is 0 Å². The lowest BCUT2D eigenvalue weighted by atomic mass is 10.4. The van der Waals surface area contributed by atoms with Crippen molar-refractivity contribution in [1.82, 2.24) is 0 Å². The molecule has 0 spiro atoms. The predicted molar refractivity (Wildman–Crippen MR) is 152 cm³/mol. The van der Waals surface area contributed by atoms with Crippen LogP contribution in [0.15, 0.2) is 74.2 Å². The van der Waals surface area contributed by atoms with Crippen molar-refractivity contribution in [2.75, 3.05) is 12.5 Å². The maximum Gasteiger partial charge on any atom is 0.203 e. The Hall–Kier alpha value is -0.0800. The molecule has 0 saturated heterocycles. The van der Waals surface area contributed by atoms with Gasteiger partial charge in [0.2, 0.25) is 11.4 Å². The predicted octanol–water partition coefficient (Wildman–Crippen LogP) is 7.19. The molecule has 0 saturated carbocycles. The Labute approximate surface area is 221 Å². The Morgan fingerprint density at radius 2 is 1.06 bits per heavy atom. The number of nitrogens with zero attached hydrogens (tertiary/aromatic N) is 2. The van der Waals surface area contributed by atoms with E-state index in [-0.39, 0.29) is 0 Å². The molecular weight excluding hydrogens is 557 g/mol. The van der Waals surface area contributed by atoms with Gasteiger partial charge in [-0.1, -0.05) is 47.0 Å². The van der Waals surface area contributed by atoms with E-state index in [4.69, 9.17) is 0 Å². The van der Waals surface area contributed by atoms with E-state index >= 15 is 0 Å². The van der Waals surface area contributed by atoms with Gasteiger partial charge in [0.25, 0.3) is 0 Å². The van der Waals surface area contributed by atoms with E-state index in [1.54, 1.807) is 82.7 Å². The van der Waals surface area contributed by atoms with Crippen molar-refractivity contribution in [3.63, 3.8) is 0 Å². The lowest BCUT2D eigenvalue weighted by Gasteiger charge is -2.06. The average Bonchev–Trinajstić information content (AvgIpc) is 3.41. The third kappa shape index (κ3) is 6.12. The third-order valence-electron chi connectivity index (χ3n) is 4.12. The standard InChI is InChI=1S/C20H18N2O2S8/c1-25-15-16(26-2)30-19(29-15)20-31-17(27-11-13-7-3-5-9-21(13)23)18(32-20)28-12-14-8-4-6-10-22(14)24/h3-10H,11-12H2,1-2H3. The Morgan fingerprint density at radius 1 is 0.656 bits per heavy atom. The van der Waals surface area contributed by atoms with E-state index in [1.165, 1.54) is 37.8 Å². The molecule has 0 fully saturated rings. The van der Waals surface area contributed by atoms with E-state index in [9.17, 15) is 10.4 Å². The molecule has 4 heterocycles. The molecule has 0 radical (unpaired) electrons. The summed E-state index contributed by atoms with van der Waals surface area (Å²) >= 11 is 14.2. The van der Waals surface area contributed by atoms with Crippen LogP contribution in [-0.2, 0) is 11.5 Å². The molecule has 12 heteroatoms. The summed E-state index contributed by atoms with van der Waals surface area (Å²) in [5.41, 5.74) is 1.48. The van der Waals surface area contributed by atoms with Crippen molar-refractivity contribution in [3.8, 4) is 0 Å². The first-order valence-corrected chi connectivity index (χ1v) is 16.9. The minimum Gasteiger partial charge on any atom is -0.618 e. The van der Waals surface area contributed by atoms with Gasteiger partial charge >= 0.3 is 0 Å². The van der Waals surface area contributed by atoms with Gasteiger partial charge in [-0.3, -0.25) is 0 Å². The number of aromatic nitrogens is 2. The number of hydrogen-bond donors (Lipinski definition) is 0. The molecule has 0 amide bonds. The first kappa shape index (κ1) is 25.0. The van der Waals surface area contributed by atoms with Gasteiger partial charge in [-0.15, -0.1) is 47.0 Å². The second-order valence-corrected chi connectivity index (χ2v) is 15.4. The van der Waals surface area contributed by atoms with Gasteiger partial charge in [-0.25, -0.2) is 0 Å². The van der Waals surface area contributed by atoms with Gasteiger partial charge in [0, 0.05) is 24.3 Å². The molecule has 2 aliphatic rings. The zero-order valence-corrected chi connectivity index (χ0v) is 23.5. The van der Waals surface area contributed by atoms with Crippen LogP contribution in [0.3, 0.4) is 0 Å². The quantitative estimate of drug-likeness (QED) is 0.239. The molecular formula is C20H18N2O2S8. The number of thioether (sulfide) groups is 8. The Balaban J connectivity index is 1.53. The van der Waals surface area contributed by atoms with Crippen LogP contribution < -0.4 is 9.46 Å². The van der Waals surface area contributed by atoms with Crippen molar-refractivity contribution in [2.24, 2.45) is 0 Å². The lowest BCUT2D eigenvalue weighted by molar-refractivity contribution is -0.613. The highest BCUT2D eigenvalue weighted by Crippen LogP contribution is 2.66. The molecule has 0 N–H and O–H groups in total. The summed E-state index contributed by atoms with van der Waals surface area (Å²) in [6.45, 7) is 0. The fourth-order valence-electron chi connectivity index (χ4n) is 2.57. The number of hydrogen-bond acceptors (Lipinski definition) is 10. The lowest BCUT2D eigenvalue weighted by Crippen LogP contribution is -2.30. The molecule has 0 bridgehead atoms. The maximum absolute atomic E-state index is 12.1. The molecule has 2 aliphatic heterocycles. The minimum atomic E-state index is 0.609. The van der Waals surface area contributed by atoms with Crippen LogP contribution in [-0.4, -0.2) is 12.5 Å². The molecule has 0 aliphatic carbocycles. The molecule has 2 aromatic rings. The van der Waals surface area contributed by atoms with Crippen molar-refractivity contribution < 1.29 is 9.46 Å². The second-order valence-electron chi connectivity index (χ2n) is 6.15. The highest BCUT2D eigenvalue weighted by atomic mass is 32.3. The summed E-state index contributed by atoms with van der Waals surface area (Å²) in [4.78, 5) is 0. The Kier molecular flexibility index (Phi) is 9.43. The maximum atomic E-state index is 12.1. The summed E-state index contributed by atoms with van der Waals surface area (Å²) in [5, 5.41) is 24.1. The molecule has 0 aromatic carbocycles. The van der Waals surface area contributed by atoms with Crippen LogP contribution >= 0.6 is 94.1 Å². The van der Waals surface area contributed by atoms with E-state index in [2.05, 4.69) is 12.5 Å². The van der Waals surface area contributed by atoms with Crippen molar-refractivity contribution >= 4 is 94.1 Å². The minimum absolute atomic E-state index is 0.609. The monoisotopic (exact) mass is 574 g/mol. The molecule has 0 atom stereocenters. The molecule has 2 aromatic heterocycles. The van der Waals surface area contributed by atoms with Gasteiger partial charge in [0.05, 0.1) is 36.9 Å². The zero-order valence-electron chi connectivity index (χ0n) is 17.0. The van der Waals surface area contributed by atoms with Gasteiger partial charge in [-0.05, 0) is 24.6 Å². The van der Waals surface area contributed by atoms with Crippen LogP contribution in [0.5, 0.6) is 0 Å². The van der Waals surface area contributed by atoms with E-state index in [1.807, 2.05) is 47.8 Å². The molecule has 4 nitrogen and oxygen atoms in total. The van der Waals surface area contributed by atoms with Gasteiger partial charge < -0.3 is 10.4 Å². The van der Waals surface area contributed by atoms with Gasteiger partial charge in [-0.2, -0.15) is 9.46 Å². The topological polar surface area (TPSA) is 53.9 Å². The van der Waals surface area contributed by atoms with Crippen LogP contribution in [0.2, 0.25) is 0 Å². The molecule has 32 heavy (non-hydrogen) atoms. The SMILES string of the molecule is CSC1=C(SC)SC(=C2SC(SCc3cccc[n+]3[O-])=C(SCc3cccc[n+]3[O-])S2)S1. The van der Waals surface area contributed by atoms with E-state index in [0.717, 1.165) is 20.8 Å². The fraction of sp³-hybridized carbons (Fsp3) is 0.200. The van der Waals surface area contributed by atoms with Crippen molar-refractivity contribution in [2.45, 2.75) is 11.5 Å². The van der Waals surface area contributed by atoms with Gasteiger partial charge in [0.15, 0.2) is 12.4 Å². The van der Waals surface area contributed by atoms with Crippen LogP contribution in [0.4, 0.5) is 0 Å². The largest absolute Gasteiger partial charge is 0.618 e.